The summed E-state index contributed by atoms with van der Waals surface area (Å²) >= 11 is 5.86. The molecule has 0 radical (unpaired) electrons. The van der Waals surface area contributed by atoms with Gasteiger partial charge in [0.25, 0.3) is 0 Å². The van der Waals surface area contributed by atoms with E-state index in [4.69, 9.17) is 11.6 Å². The van der Waals surface area contributed by atoms with Crippen LogP contribution in [-0.2, 0) is 14.8 Å². The second kappa shape index (κ2) is 12.6. The van der Waals surface area contributed by atoms with Gasteiger partial charge in [-0.25, -0.2) is 13.1 Å². The van der Waals surface area contributed by atoms with Crippen molar-refractivity contribution in [2.75, 3.05) is 40.3 Å². The second-order valence-corrected chi connectivity index (χ2v) is 8.84. The zero-order valence-corrected chi connectivity index (χ0v) is 20.6. The van der Waals surface area contributed by atoms with Gasteiger partial charge in [-0.3, -0.25) is 9.79 Å². The number of piperidine rings is 1. The molecule has 0 aromatic heterocycles. The van der Waals surface area contributed by atoms with Crippen molar-refractivity contribution < 1.29 is 13.2 Å². The van der Waals surface area contributed by atoms with E-state index in [1.54, 1.807) is 26.2 Å². The van der Waals surface area contributed by atoms with Crippen molar-refractivity contribution in [3.8, 4) is 0 Å². The molecule has 1 amide bonds. The molecule has 1 fully saturated rings. The van der Waals surface area contributed by atoms with Crippen LogP contribution in [0.25, 0.3) is 0 Å². The topological polar surface area (TPSA) is 103 Å². The zero-order valence-electron chi connectivity index (χ0n) is 16.7. The molecular formula is C18H29ClIN5O3S. The maximum absolute atomic E-state index is 12.3. The van der Waals surface area contributed by atoms with Crippen molar-refractivity contribution >= 4 is 57.5 Å². The Kier molecular flexibility index (Phi) is 11.2. The number of nitrogens with zero attached hydrogens (tertiary/aromatic N) is 2. The Morgan fingerprint density at radius 2 is 1.97 bits per heavy atom. The van der Waals surface area contributed by atoms with Crippen LogP contribution in [0.3, 0.4) is 0 Å². The summed E-state index contributed by atoms with van der Waals surface area (Å²) in [5.74, 6) is 1.20. The monoisotopic (exact) mass is 557 g/mol. The van der Waals surface area contributed by atoms with Gasteiger partial charge in [0.2, 0.25) is 15.9 Å². The molecule has 11 heteroatoms. The zero-order chi connectivity index (χ0) is 20.6. The quantitative estimate of drug-likeness (QED) is 0.205. The molecule has 0 saturated carbocycles. The lowest BCUT2D eigenvalue weighted by molar-refractivity contribution is -0.121. The van der Waals surface area contributed by atoms with Crippen molar-refractivity contribution in [3.05, 3.63) is 29.3 Å². The highest BCUT2D eigenvalue weighted by atomic mass is 127. The van der Waals surface area contributed by atoms with E-state index in [9.17, 15) is 13.2 Å². The number of hydrogen-bond donors (Lipinski definition) is 3. The van der Waals surface area contributed by atoms with Gasteiger partial charge in [0, 0.05) is 51.7 Å². The molecular weight excluding hydrogens is 529 g/mol. The minimum absolute atomic E-state index is 0. The number of sulfonamides is 1. The Balaban J connectivity index is 0.00000420. The van der Waals surface area contributed by atoms with Crippen LogP contribution in [0.4, 0.5) is 0 Å². The van der Waals surface area contributed by atoms with E-state index < -0.39 is 10.0 Å². The highest BCUT2D eigenvalue weighted by Crippen LogP contribution is 2.20. The van der Waals surface area contributed by atoms with E-state index in [0.717, 1.165) is 31.9 Å². The maximum Gasteiger partial charge on any atom is 0.240 e. The van der Waals surface area contributed by atoms with Gasteiger partial charge >= 0.3 is 0 Å². The van der Waals surface area contributed by atoms with Gasteiger partial charge in [0.1, 0.15) is 0 Å². The number of carbonyl (C=O) groups excluding carboxylic acids is 1. The fraction of sp³-hybridized carbons (Fsp3) is 0.556. The van der Waals surface area contributed by atoms with Crippen LogP contribution in [0.2, 0.25) is 5.02 Å². The SMILES string of the molecule is CN=C(NCCNS(=O)(=O)c1cccc(Cl)c1)N1CCC(CC(=O)NC)CC1.I. The summed E-state index contributed by atoms with van der Waals surface area (Å²) in [5, 5.41) is 6.23. The Bertz CT molecular complexity index is 798. The molecule has 1 heterocycles. The summed E-state index contributed by atoms with van der Waals surface area (Å²) in [4.78, 5) is 18.1. The number of hydrogen-bond acceptors (Lipinski definition) is 4. The molecule has 0 spiro atoms. The maximum atomic E-state index is 12.3. The van der Waals surface area contributed by atoms with Gasteiger partial charge in [-0.05, 0) is 37.0 Å². The van der Waals surface area contributed by atoms with E-state index in [2.05, 4.69) is 25.2 Å². The number of amides is 1. The Morgan fingerprint density at radius 1 is 1.28 bits per heavy atom. The van der Waals surface area contributed by atoms with Gasteiger partial charge in [0.15, 0.2) is 5.96 Å². The molecule has 0 bridgehead atoms. The molecule has 0 aliphatic carbocycles. The molecule has 1 aromatic carbocycles. The van der Waals surface area contributed by atoms with Crippen LogP contribution < -0.4 is 15.4 Å². The number of likely N-dealkylation sites (tertiary alicyclic amines) is 1. The van der Waals surface area contributed by atoms with Crippen LogP contribution in [0.1, 0.15) is 19.3 Å². The summed E-state index contributed by atoms with van der Waals surface area (Å²) in [6.07, 6.45) is 2.41. The average Bonchev–Trinajstić information content (AvgIpc) is 2.69. The number of aliphatic imine (C=N–C) groups is 1. The van der Waals surface area contributed by atoms with Crippen LogP contribution in [0.5, 0.6) is 0 Å². The fourth-order valence-corrected chi connectivity index (χ4v) is 4.45. The highest BCUT2D eigenvalue weighted by molar-refractivity contribution is 14.0. The Labute approximate surface area is 194 Å². The first-order chi connectivity index (χ1) is 13.4. The van der Waals surface area contributed by atoms with Gasteiger partial charge in [-0.15, -0.1) is 24.0 Å². The van der Waals surface area contributed by atoms with Gasteiger partial charge in [0.05, 0.1) is 4.90 Å². The third kappa shape index (κ3) is 8.27. The van der Waals surface area contributed by atoms with E-state index in [1.165, 1.54) is 12.1 Å². The lowest BCUT2D eigenvalue weighted by Gasteiger charge is -2.34. The fourth-order valence-electron chi connectivity index (χ4n) is 3.12. The highest BCUT2D eigenvalue weighted by Gasteiger charge is 2.23. The predicted molar refractivity (Wildman–Crippen MR) is 126 cm³/mol. The largest absolute Gasteiger partial charge is 0.359 e. The lowest BCUT2D eigenvalue weighted by Crippen LogP contribution is -2.47. The number of benzene rings is 1. The molecule has 8 nitrogen and oxygen atoms in total. The summed E-state index contributed by atoms with van der Waals surface area (Å²) in [5.41, 5.74) is 0. The lowest BCUT2D eigenvalue weighted by atomic mass is 9.93. The molecule has 164 valence electrons. The minimum atomic E-state index is -3.60. The summed E-state index contributed by atoms with van der Waals surface area (Å²) < 4.78 is 27.1. The summed E-state index contributed by atoms with van der Waals surface area (Å²) in [7, 11) is -0.239. The van der Waals surface area contributed by atoms with Crippen LogP contribution in [0, 0.1) is 5.92 Å². The number of nitrogens with one attached hydrogen (secondary N) is 3. The first-order valence-electron chi connectivity index (χ1n) is 9.27. The number of halogens is 2. The van der Waals surface area contributed by atoms with Crippen LogP contribution in [-0.4, -0.2) is 65.5 Å². The molecule has 1 aliphatic rings. The average molecular weight is 558 g/mol. The van der Waals surface area contributed by atoms with Gasteiger partial charge in [-0.2, -0.15) is 0 Å². The van der Waals surface area contributed by atoms with Crippen molar-refractivity contribution in [2.24, 2.45) is 10.9 Å². The van der Waals surface area contributed by atoms with E-state index in [0.29, 0.717) is 23.9 Å². The Morgan fingerprint density at radius 3 is 2.55 bits per heavy atom. The minimum Gasteiger partial charge on any atom is -0.359 e. The molecule has 1 saturated heterocycles. The molecule has 1 aliphatic heterocycles. The molecule has 0 atom stereocenters. The van der Waals surface area contributed by atoms with Crippen molar-refractivity contribution in [1.29, 1.82) is 0 Å². The number of carbonyl (C=O) groups is 1. The molecule has 1 aromatic rings. The first-order valence-corrected chi connectivity index (χ1v) is 11.1. The second-order valence-electron chi connectivity index (χ2n) is 6.64. The molecule has 2 rings (SSSR count). The molecule has 29 heavy (non-hydrogen) atoms. The van der Waals surface area contributed by atoms with Crippen LogP contribution in [0.15, 0.2) is 34.2 Å². The third-order valence-corrected chi connectivity index (χ3v) is 6.38. The van der Waals surface area contributed by atoms with Crippen molar-refractivity contribution in [3.63, 3.8) is 0 Å². The standard InChI is InChI=1S/C18H28ClN5O3S.HI/c1-20-17(25)12-14-6-10-24(11-7-14)18(21-2)22-8-9-23-28(26,27)16-5-3-4-15(19)13-16;/h3-5,13-14,23H,6-12H2,1-2H3,(H,20,25)(H,21,22);1H. The van der Waals surface area contributed by atoms with Crippen LogP contribution >= 0.6 is 35.6 Å². The summed E-state index contributed by atoms with van der Waals surface area (Å²) in [6, 6.07) is 6.15. The molecule has 3 N–H and O–H groups in total. The van der Waals surface area contributed by atoms with Crippen molar-refractivity contribution in [2.45, 2.75) is 24.2 Å². The van der Waals surface area contributed by atoms with E-state index >= 15 is 0 Å². The van der Waals surface area contributed by atoms with Crippen molar-refractivity contribution in [1.82, 2.24) is 20.3 Å². The third-order valence-electron chi connectivity index (χ3n) is 4.69. The normalized spacial score (nSPS) is 15.6. The van der Waals surface area contributed by atoms with E-state index in [1.807, 2.05) is 0 Å². The molecule has 0 unspecified atom stereocenters. The van der Waals surface area contributed by atoms with Gasteiger partial charge in [-0.1, -0.05) is 17.7 Å². The predicted octanol–water partition coefficient (Wildman–Crippen LogP) is 1.66. The number of rotatable bonds is 7. The Hall–Kier alpha value is -1.11. The number of guanidine groups is 1. The summed E-state index contributed by atoms with van der Waals surface area (Å²) in [6.45, 7) is 2.26. The smallest absolute Gasteiger partial charge is 0.240 e. The van der Waals surface area contributed by atoms with E-state index in [-0.39, 0.29) is 41.3 Å². The first kappa shape index (κ1) is 25.9. The van der Waals surface area contributed by atoms with Gasteiger partial charge < -0.3 is 15.5 Å².